The minimum absolute atomic E-state index is 0.0412. The minimum Gasteiger partial charge on any atom is -0.468 e. The maximum Gasteiger partial charge on any atom is 0.316 e. The molecule has 6 nitrogen and oxygen atoms in total. The zero-order chi connectivity index (χ0) is 19.3. The molecule has 0 aliphatic carbocycles. The van der Waals surface area contributed by atoms with Crippen molar-refractivity contribution >= 4 is 46.7 Å². The van der Waals surface area contributed by atoms with E-state index in [9.17, 15) is 19.2 Å². The molecule has 2 atom stereocenters. The molecule has 0 bridgehead atoms. The van der Waals surface area contributed by atoms with Gasteiger partial charge in [0.25, 0.3) is 0 Å². The first-order chi connectivity index (χ1) is 11.7. The second-order valence-corrected chi connectivity index (χ2v) is 6.18. The summed E-state index contributed by atoms with van der Waals surface area (Å²) in [6, 6.07) is 4.54. The number of esters is 2. The third-order valence-electron chi connectivity index (χ3n) is 3.84. The van der Waals surface area contributed by atoms with E-state index in [4.69, 9.17) is 32.7 Å². The Bertz CT molecular complexity index is 666. The van der Waals surface area contributed by atoms with Gasteiger partial charge in [0.2, 0.25) is 0 Å². The van der Waals surface area contributed by atoms with Crippen molar-refractivity contribution in [2.75, 3.05) is 14.2 Å². The van der Waals surface area contributed by atoms with Crippen molar-refractivity contribution in [3.8, 4) is 0 Å². The van der Waals surface area contributed by atoms with Crippen LogP contribution in [0.4, 0.5) is 0 Å². The molecule has 0 aliphatic heterocycles. The Kier molecular flexibility index (Phi) is 7.58. The number of ether oxygens (including phenoxy) is 2. The molecule has 0 N–H and O–H groups in total. The van der Waals surface area contributed by atoms with Crippen LogP contribution in [0.15, 0.2) is 18.2 Å². The van der Waals surface area contributed by atoms with Crippen LogP contribution in [0.2, 0.25) is 10.0 Å². The van der Waals surface area contributed by atoms with Crippen LogP contribution < -0.4 is 0 Å². The number of methoxy groups -OCH3 is 2. The van der Waals surface area contributed by atoms with Crippen LogP contribution in [0.3, 0.4) is 0 Å². The van der Waals surface area contributed by atoms with Crippen molar-refractivity contribution in [3.05, 3.63) is 33.8 Å². The molecule has 0 radical (unpaired) electrons. The highest BCUT2D eigenvalue weighted by Gasteiger charge is 2.46. The van der Waals surface area contributed by atoms with Gasteiger partial charge in [0, 0.05) is 5.92 Å². The average molecular weight is 389 g/mol. The van der Waals surface area contributed by atoms with E-state index >= 15 is 0 Å². The predicted molar refractivity (Wildman–Crippen MR) is 91.6 cm³/mol. The maximum atomic E-state index is 12.2. The molecular formula is C17H18Cl2O6. The van der Waals surface area contributed by atoms with Gasteiger partial charge in [-0.2, -0.15) is 0 Å². The zero-order valence-electron chi connectivity index (χ0n) is 14.2. The molecular weight excluding hydrogens is 371 g/mol. The van der Waals surface area contributed by atoms with Crippen molar-refractivity contribution in [3.63, 3.8) is 0 Å². The van der Waals surface area contributed by atoms with Gasteiger partial charge in [-0.3, -0.25) is 19.2 Å². The summed E-state index contributed by atoms with van der Waals surface area (Å²) in [4.78, 5) is 48.7. The summed E-state index contributed by atoms with van der Waals surface area (Å²) in [6.07, 6.45) is 0. The van der Waals surface area contributed by atoms with Crippen LogP contribution in [0, 0.1) is 11.8 Å². The number of carbonyl (C=O) groups is 4. The van der Waals surface area contributed by atoms with Crippen LogP contribution in [-0.4, -0.2) is 37.7 Å². The Morgan fingerprint density at radius 1 is 0.880 bits per heavy atom. The van der Waals surface area contributed by atoms with Gasteiger partial charge in [0.05, 0.1) is 24.3 Å². The normalized spacial score (nSPS) is 14.2. The van der Waals surface area contributed by atoms with E-state index in [1.165, 1.54) is 26.0 Å². The molecule has 0 saturated carbocycles. The summed E-state index contributed by atoms with van der Waals surface area (Å²) < 4.78 is 9.38. The molecule has 0 fully saturated rings. The van der Waals surface area contributed by atoms with Gasteiger partial charge in [-0.25, -0.2) is 0 Å². The molecule has 1 aromatic carbocycles. The molecule has 0 aromatic heterocycles. The minimum atomic E-state index is -1.42. The molecule has 0 aliphatic rings. The molecule has 1 rings (SSSR count). The summed E-state index contributed by atoms with van der Waals surface area (Å²) in [7, 11) is 2.21. The molecule has 0 heterocycles. The van der Waals surface area contributed by atoms with Crippen molar-refractivity contribution in [2.24, 2.45) is 11.8 Å². The fraction of sp³-hybridized carbons (Fsp3) is 0.412. The third-order valence-corrected chi connectivity index (χ3v) is 4.68. The molecule has 2 unspecified atom stereocenters. The third kappa shape index (κ3) is 4.58. The second-order valence-electron chi connectivity index (χ2n) is 5.39. The van der Waals surface area contributed by atoms with E-state index in [1.807, 2.05) is 0 Å². The van der Waals surface area contributed by atoms with Gasteiger partial charge in [-0.1, -0.05) is 35.3 Å². The van der Waals surface area contributed by atoms with Crippen LogP contribution in [0.5, 0.6) is 0 Å². The highest BCUT2D eigenvalue weighted by molar-refractivity contribution is 6.42. The summed E-state index contributed by atoms with van der Waals surface area (Å²) in [5.41, 5.74) is 0.213. The number of hydrogen-bond donors (Lipinski definition) is 0. The van der Waals surface area contributed by atoms with Crippen LogP contribution in [0.25, 0.3) is 0 Å². The zero-order valence-corrected chi connectivity index (χ0v) is 15.7. The monoisotopic (exact) mass is 388 g/mol. The lowest BCUT2D eigenvalue weighted by Gasteiger charge is -2.29. The Balaban J connectivity index is 3.73. The van der Waals surface area contributed by atoms with Crippen molar-refractivity contribution in [1.29, 1.82) is 0 Å². The van der Waals surface area contributed by atoms with Gasteiger partial charge in [0.15, 0.2) is 0 Å². The molecule has 1 aromatic rings. The van der Waals surface area contributed by atoms with E-state index in [0.717, 1.165) is 14.2 Å². The first-order valence-corrected chi connectivity index (χ1v) is 8.03. The Hall–Kier alpha value is -1.92. The topological polar surface area (TPSA) is 86.7 Å². The maximum absolute atomic E-state index is 12.2. The lowest BCUT2D eigenvalue weighted by atomic mass is 9.73. The highest BCUT2D eigenvalue weighted by Crippen LogP contribution is 2.41. The fourth-order valence-electron chi connectivity index (χ4n) is 2.71. The second kappa shape index (κ2) is 8.97. The number of halogens is 2. The van der Waals surface area contributed by atoms with E-state index in [1.54, 1.807) is 6.07 Å². The number of rotatable bonds is 7. The standard InChI is InChI=1S/C17H18Cl2O6/c1-8(20)12(16(22)24-3)14(13(9(2)21)17(23)25-4)10-6-5-7-11(18)15(10)19/h5-7,12-14H,1-4H3. The largest absolute Gasteiger partial charge is 0.468 e. The first-order valence-electron chi connectivity index (χ1n) is 7.27. The smallest absolute Gasteiger partial charge is 0.316 e. The summed E-state index contributed by atoms with van der Waals surface area (Å²) >= 11 is 12.2. The summed E-state index contributed by atoms with van der Waals surface area (Å²) in [5.74, 6) is -6.98. The molecule has 0 spiro atoms. The molecule has 25 heavy (non-hydrogen) atoms. The Morgan fingerprint density at radius 2 is 1.32 bits per heavy atom. The molecule has 0 amide bonds. The van der Waals surface area contributed by atoms with E-state index in [2.05, 4.69) is 0 Å². The van der Waals surface area contributed by atoms with E-state index in [0.29, 0.717) is 0 Å². The van der Waals surface area contributed by atoms with Crippen LogP contribution >= 0.6 is 23.2 Å². The van der Waals surface area contributed by atoms with Gasteiger partial charge >= 0.3 is 11.9 Å². The number of benzene rings is 1. The number of carbonyl (C=O) groups excluding carboxylic acids is 4. The van der Waals surface area contributed by atoms with E-state index in [-0.39, 0.29) is 15.6 Å². The Morgan fingerprint density at radius 3 is 1.68 bits per heavy atom. The lowest BCUT2D eigenvalue weighted by Crippen LogP contribution is -2.40. The van der Waals surface area contributed by atoms with Gasteiger partial charge in [-0.15, -0.1) is 0 Å². The SMILES string of the molecule is COC(=O)C(C(C)=O)C(c1cccc(Cl)c1Cl)C(C(C)=O)C(=O)OC. The molecule has 0 saturated heterocycles. The van der Waals surface area contributed by atoms with Crippen LogP contribution in [-0.2, 0) is 28.7 Å². The quantitative estimate of drug-likeness (QED) is 0.527. The van der Waals surface area contributed by atoms with E-state index < -0.39 is 41.3 Å². The molecule has 136 valence electrons. The van der Waals surface area contributed by atoms with Crippen molar-refractivity contribution in [1.82, 2.24) is 0 Å². The summed E-state index contributed by atoms with van der Waals surface area (Å²) in [6.45, 7) is 2.34. The fourth-order valence-corrected chi connectivity index (χ4v) is 3.15. The Labute approximate surface area is 155 Å². The number of ketones is 2. The summed E-state index contributed by atoms with van der Waals surface area (Å²) in [5, 5.41) is 0.197. The first kappa shape index (κ1) is 21.1. The highest BCUT2D eigenvalue weighted by atomic mass is 35.5. The van der Waals surface area contributed by atoms with Gasteiger partial charge in [0.1, 0.15) is 23.4 Å². The number of hydrogen-bond acceptors (Lipinski definition) is 6. The van der Waals surface area contributed by atoms with Gasteiger partial charge in [-0.05, 0) is 25.5 Å². The number of Topliss-reactive ketones (excluding diaryl/α,β-unsaturated/α-hetero) is 2. The van der Waals surface area contributed by atoms with Crippen molar-refractivity contribution in [2.45, 2.75) is 19.8 Å². The predicted octanol–water partition coefficient (Wildman–Crippen LogP) is 2.83. The van der Waals surface area contributed by atoms with Gasteiger partial charge < -0.3 is 9.47 Å². The lowest BCUT2D eigenvalue weighted by molar-refractivity contribution is -0.154. The van der Waals surface area contributed by atoms with Crippen molar-refractivity contribution < 1.29 is 28.7 Å². The average Bonchev–Trinajstić information content (AvgIpc) is 2.55. The molecule has 8 heteroatoms. The van der Waals surface area contributed by atoms with Crippen LogP contribution in [0.1, 0.15) is 25.3 Å².